The number of hydrogen-bond acceptors (Lipinski definition) is 7. The number of aromatic nitrogens is 3. The summed E-state index contributed by atoms with van der Waals surface area (Å²) in [6.07, 6.45) is -0.0764. The Bertz CT molecular complexity index is 403. The van der Waals surface area contributed by atoms with Gasteiger partial charge in [0.15, 0.2) is 0 Å². The molecule has 20 heavy (non-hydrogen) atoms. The number of ether oxygens (including phenoxy) is 2. The fourth-order valence-corrected chi connectivity index (χ4v) is 1.82. The van der Waals surface area contributed by atoms with Gasteiger partial charge in [-0.25, -0.2) is 0 Å². The van der Waals surface area contributed by atoms with Gasteiger partial charge in [0.1, 0.15) is 0 Å². The van der Waals surface area contributed by atoms with Crippen molar-refractivity contribution in [2.24, 2.45) is 0 Å². The highest BCUT2D eigenvalue weighted by molar-refractivity contribution is 6.28. The lowest BCUT2D eigenvalue weighted by atomic mass is 10.4. The van der Waals surface area contributed by atoms with Crippen molar-refractivity contribution < 1.29 is 9.47 Å². The summed E-state index contributed by atoms with van der Waals surface area (Å²) in [4.78, 5) is 14.5. The van der Waals surface area contributed by atoms with Gasteiger partial charge in [-0.05, 0) is 25.4 Å². The first kappa shape index (κ1) is 16.9. The highest BCUT2D eigenvalue weighted by Crippen LogP contribution is 2.13. The molecule has 0 spiro atoms. The van der Waals surface area contributed by atoms with Crippen LogP contribution in [-0.4, -0.2) is 61.5 Å². The van der Waals surface area contributed by atoms with Crippen LogP contribution < -0.4 is 10.2 Å². The average molecular weight is 304 g/mol. The van der Waals surface area contributed by atoms with Crippen molar-refractivity contribution in [3.63, 3.8) is 0 Å². The number of methoxy groups -OCH3 is 2. The molecule has 0 radical (unpaired) electrons. The second-order valence-corrected chi connectivity index (χ2v) is 4.43. The number of rotatable bonds is 9. The average Bonchev–Trinajstić information content (AvgIpc) is 2.44. The predicted molar refractivity (Wildman–Crippen MR) is 79.6 cm³/mol. The highest BCUT2D eigenvalue weighted by atomic mass is 35.5. The van der Waals surface area contributed by atoms with Crippen LogP contribution in [0.25, 0.3) is 0 Å². The van der Waals surface area contributed by atoms with E-state index in [1.54, 1.807) is 14.2 Å². The van der Waals surface area contributed by atoms with Crippen LogP contribution in [-0.2, 0) is 9.47 Å². The molecule has 0 saturated carbocycles. The Labute approximate surface area is 124 Å². The largest absolute Gasteiger partial charge is 0.382 e. The number of hydrogen-bond donors (Lipinski definition) is 1. The highest BCUT2D eigenvalue weighted by Gasteiger charge is 2.12. The van der Waals surface area contributed by atoms with Crippen molar-refractivity contribution in [1.82, 2.24) is 15.0 Å². The van der Waals surface area contributed by atoms with E-state index >= 15 is 0 Å². The lowest BCUT2D eigenvalue weighted by Crippen LogP contribution is -2.28. The Kier molecular flexibility index (Phi) is 7.50. The molecular formula is C12H22ClN5O2. The molecule has 0 saturated heterocycles. The summed E-state index contributed by atoms with van der Waals surface area (Å²) >= 11 is 5.93. The summed E-state index contributed by atoms with van der Waals surface area (Å²) in [5.41, 5.74) is 0. The zero-order chi connectivity index (χ0) is 15.0. The second-order valence-electron chi connectivity index (χ2n) is 4.09. The number of nitrogens with one attached hydrogen (secondary N) is 1. The van der Waals surface area contributed by atoms with Gasteiger partial charge >= 0.3 is 0 Å². The molecule has 0 fully saturated rings. The molecule has 114 valence electrons. The first-order valence-electron chi connectivity index (χ1n) is 6.56. The lowest BCUT2D eigenvalue weighted by Gasteiger charge is -2.19. The number of anilines is 2. The first-order chi connectivity index (χ1) is 9.64. The van der Waals surface area contributed by atoms with E-state index in [4.69, 9.17) is 21.1 Å². The topological polar surface area (TPSA) is 72.4 Å². The summed E-state index contributed by atoms with van der Waals surface area (Å²) < 4.78 is 10.3. The summed E-state index contributed by atoms with van der Waals surface area (Å²) in [6, 6.07) is 0. The molecular weight excluding hydrogens is 282 g/mol. The molecule has 1 rings (SSSR count). The molecule has 0 aliphatic rings. The van der Waals surface area contributed by atoms with Crippen molar-refractivity contribution >= 4 is 23.5 Å². The van der Waals surface area contributed by atoms with Gasteiger partial charge in [0.2, 0.25) is 17.2 Å². The van der Waals surface area contributed by atoms with E-state index in [9.17, 15) is 0 Å². The molecule has 8 heteroatoms. The number of nitrogens with zero attached hydrogens (tertiary/aromatic N) is 4. The van der Waals surface area contributed by atoms with Crippen LogP contribution in [0.1, 0.15) is 13.8 Å². The van der Waals surface area contributed by atoms with Gasteiger partial charge in [0.25, 0.3) is 0 Å². The summed E-state index contributed by atoms with van der Waals surface area (Å²) in [7, 11) is 3.26. The van der Waals surface area contributed by atoms with Crippen LogP contribution in [0.15, 0.2) is 0 Å². The van der Waals surface area contributed by atoms with Crippen molar-refractivity contribution in [2.75, 3.05) is 50.7 Å². The monoisotopic (exact) mass is 303 g/mol. The summed E-state index contributed by atoms with van der Waals surface area (Å²) in [6.45, 7) is 6.70. The Morgan fingerprint density at radius 2 is 1.90 bits per heavy atom. The van der Waals surface area contributed by atoms with Crippen molar-refractivity contribution in [1.29, 1.82) is 0 Å². The molecule has 0 aromatic carbocycles. The van der Waals surface area contributed by atoms with Crippen LogP contribution >= 0.6 is 11.6 Å². The van der Waals surface area contributed by atoms with E-state index in [0.29, 0.717) is 25.0 Å². The van der Waals surface area contributed by atoms with Gasteiger partial charge in [-0.15, -0.1) is 0 Å². The second kappa shape index (κ2) is 8.89. The maximum absolute atomic E-state index is 5.93. The molecule has 1 unspecified atom stereocenters. The molecule has 1 aromatic heterocycles. The van der Waals surface area contributed by atoms with Gasteiger partial charge in [0.05, 0.1) is 12.7 Å². The number of halogens is 1. The van der Waals surface area contributed by atoms with E-state index < -0.39 is 0 Å². The Balaban J connectivity index is 2.75. The van der Waals surface area contributed by atoms with Crippen LogP contribution in [0.5, 0.6) is 0 Å². The molecule has 0 aliphatic heterocycles. The van der Waals surface area contributed by atoms with Crippen LogP contribution in [0.3, 0.4) is 0 Å². The molecule has 1 aromatic rings. The van der Waals surface area contributed by atoms with Crippen LogP contribution in [0.4, 0.5) is 11.9 Å². The summed E-state index contributed by atoms with van der Waals surface area (Å²) in [5.74, 6) is 1.00. The van der Waals surface area contributed by atoms with Gasteiger partial charge in [-0.2, -0.15) is 15.0 Å². The third-order valence-corrected chi connectivity index (χ3v) is 2.99. The maximum atomic E-state index is 5.93. The minimum absolute atomic E-state index is 0.0764. The van der Waals surface area contributed by atoms with Gasteiger partial charge < -0.3 is 19.7 Å². The van der Waals surface area contributed by atoms with Gasteiger partial charge in [-0.1, -0.05) is 0 Å². The third-order valence-electron chi connectivity index (χ3n) is 2.82. The van der Waals surface area contributed by atoms with Crippen molar-refractivity contribution in [2.45, 2.75) is 20.0 Å². The zero-order valence-electron chi connectivity index (χ0n) is 12.4. The SMILES string of the molecule is CCN(CC)c1nc(Cl)nc(NCC(COC)OC)n1. The van der Waals surface area contributed by atoms with E-state index in [1.165, 1.54) is 0 Å². The normalized spacial score (nSPS) is 12.2. The lowest BCUT2D eigenvalue weighted by molar-refractivity contribution is 0.0365. The Morgan fingerprint density at radius 3 is 2.45 bits per heavy atom. The van der Waals surface area contributed by atoms with E-state index in [-0.39, 0.29) is 11.4 Å². The molecule has 0 amide bonds. The standard InChI is InChI=1S/C12H22ClN5O2/c1-5-18(6-2)12-16-10(13)15-11(17-12)14-7-9(20-4)8-19-3/h9H,5-8H2,1-4H3,(H,14,15,16,17). The van der Waals surface area contributed by atoms with Crippen molar-refractivity contribution in [3.05, 3.63) is 5.28 Å². The van der Waals surface area contributed by atoms with Crippen LogP contribution in [0.2, 0.25) is 5.28 Å². The van der Waals surface area contributed by atoms with Crippen LogP contribution in [0, 0.1) is 0 Å². The maximum Gasteiger partial charge on any atom is 0.231 e. The zero-order valence-corrected chi connectivity index (χ0v) is 13.1. The van der Waals surface area contributed by atoms with E-state index in [0.717, 1.165) is 13.1 Å². The van der Waals surface area contributed by atoms with Crippen molar-refractivity contribution in [3.8, 4) is 0 Å². The molecule has 7 nitrogen and oxygen atoms in total. The molecule has 0 bridgehead atoms. The fourth-order valence-electron chi connectivity index (χ4n) is 1.67. The predicted octanol–water partition coefficient (Wildman–Crippen LogP) is 1.44. The Hall–Kier alpha value is -1.18. The minimum atomic E-state index is -0.0764. The van der Waals surface area contributed by atoms with E-state index in [2.05, 4.69) is 20.3 Å². The Morgan fingerprint density at radius 1 is 1.20 bits per heavy atom. The molecule has 1 atom stereocenters. The minimum Gasteiger partial charge on any atom is -0.382 e. The quantitative estimate of drug-likeness (QED) is 0.740. The molecule has 1 N–H and O–H groups in total. The summed E-state index contributed by atoms with van der Waals surface area (Å²) in [5, 5.41) is 3.26. The van der Waals surface area contributed by atoms with E-state index in [1.807, 2.05) is 18.7 Å². The third kappa shape index (κ3) is 5.07. The van der Waals surface area contributed by atoms with Gasteiger partial charge in [-0.3, -0.25) is 0 Å². The first-order valence-corrected chi connectivity index (χ1v) is 6.94. The molecule has 1 heterocycles. The smallest absolute Gasteiger partial charge is 0.231 e. The van der Waals surface area contributed by atoms with Gasteiger partial charge in [0, 0.05) is 33.9 Å². The fraction of sp³-hybridized carbons (Fsp3) is 0.750. The molecule has 0 aliphatic carbocycles.